The Hall–Kier alpha value is -2.26. The summed E-state index contributed by atoms with van der Waals surface area (Å²) >= 11 is 0. The molecule has 1 amide bonds. The molecular formula is C19H23FN4O. The number of hydrogen-bond donors (Lipinski definition) is 1. The Morgan fingerprint density at radius 2 is 2.12 bits per heavy atom. The number of terminal acetylenes is 1. The molecule has 0 saturated carbocycles. The zero-order chi connectivity index (χ0) is 17.7. The molecule has 0 bridgehead atoms. The van der Waals surface area contributed by atoms with Crippen molar-refractivity contribution in [1.29, 1.82) is 0 Å². The summed E-state index contributed by atoms with van der Waals surface area (Å²) < 4.78 is 13.0. The number of hydrogen-bond acceptors (Lipinski definition) is 4. The maximum atomic E-state index is 13.0. The lowest BCUT2D eigenvalue weighted by Gasteiger charge is -2.34. The van der Waals surface area contributed by atoms with Crippen LogP contribution in [0.2, 0.25) is 0 Å². The molecular weight excluding hydrogens is 319 g/mol. The number of carbonyl (C=O) groups is 1. The zero-order valence-electron chi connectivity index (χ0n) is 14.2. The molecule has 132 valence electrons. The fourth-order valence-corrected chi connectivity index (χ4v) is 3.23. The van der Waals surface area contributed by atoms with E-state index in [1.165, 1.54) is 12.1 Å². The predicted octanol–water partition coefficient (Wildman–Crippen LogP) is 2.52. The van der Waals surface area contributed by atoms with Crippen LogP contribution in [-0.4, -0.2) is 42.1 Å². The number of amides is 1. The Morgan fingerprint density at radius 1 is 1.36 bits per heavy atom. The molecule has 2 aliphatic rings. The van der Waals surface area contributed by atoms with E-state index in [9.17, 15) is 9.18 Å². The molecule has 1 aromatic rings. The summed E-state index contributed by atoms with van der Waals surface area (Å²) in [6.07, 6.45) is 8.51. The van der Waals surface area contributed by atoms with E-state index in [4.69, 9.17) is 6.42 Å². The van der Waals surface area contributed by atoms with Crippen LogP contribution in [0, 0.1) is 18.2 Å². The molecule has 0 aromatic heterocycles. The van der Waals surface area contributed by atoms with E-state index < -0.39 is 5.66 Å². The molecule has 2 aliphatic heterocycles. The van der Waals surface area contributed by atoms with Gasteiger partial charge in [0.1, 0.15) is 5.82 Å². The topological polar surface area (TPSA) is 57.1 Å². The second kappa shape index (κ2) is 7.75. The van der Waals surface area contributed by atoms with Crippen LogP contribution in [0.4, 0.5) is 4.39 Å². The molecule has 1 aromatic carbocycles. The summed E-state index contributed by atoms with van der Waals surface area (Å²) in [5.74, 6) is 2.51. The second-order valence-electron chi connectivity index (χ2n) is 6.71. The van der Waals surface area contributed by atoms with Crippen LogP contribution in [0.25, 0.3) is 0 Å². The summed E-state index contributed by atoms with van der Waals surface area (Å²) in [4.78, 5) is 14.4. The minimum absolute atomic E-state index is 0.142. The minimum atomic E-state index is -0.399. The Kier molecular flexibility index (Phi) is 5.44. The third-order valence-electron chi connectivity index (χ3n) is 4.80. The summed E-state index contributed by atoms with van der Waals surface area (Å²) in [5, 5.41) is 11.6. The summed E-state index contributed by atoms with van der Waals surface area (Å²) in [7, 11) is 0. The van der Waals surface area contributed by atoms with Crippen molar-refractivity contribution in [3.05, 3.63) is 35.6 Å². The summed E-state index contributed by atoms with van der Waals surface area (Å²) in [5.41, 5.74) is 0.667. The molecule has 1 N–H and O–H groups in total. The highest BCUT2D eigenvalue weighted by molar-refractivity contribution is 5.76. The highest BCUT2D eigenvalue weighted by Gasteiger charge is 2.39. The maximum absolute atomic E-state index is 13.0. The average molecular weight is 342 g/mol. The predicted molar refractivity (Wildman–Crippen MR) is 93.4 cm³/mol. The van der Waals surface area contributed by atoms with Gasteiger partial charge in [-0.05, 0) is 24.1 Å². The molecule has 2 heterocycles. The van der Waals surface area contributed by atoms with E-state index in [-0.39, 0.29) is 17.8 Å². The lowest BCUT2D eigenvalue weighted by Crippen LogP contribution is -2.53. The van der Waals surface area contributed by atoms with Gasteiger partial charge >= 0.3 is 0 Å². The van der Waals surface area contributed by atoms with Crippen LogP contribution in [0.3, 0.4) is 0 Å². The molecule has 1 fully saturated rings. The minimum Gasteiger partial charge on any atom is -0.340 e. The fourth-order valence-electron chi connectivity index (χ4n) is 3.23. The molecule has 1 saturated heterocycles. The zero-order valence-corrected chi connectivity index (χ0v) is 14.2. The number of piperazine rings is 1. The van der Waals surface area contributed by atoms with Gasteiger partial charge in [-0.25, -0.2) is 4.39 Å². The van der Waals surface area contributed by atoms with Crippen LogP contribution < -0.4 is 5.32 Å². The van der Waals surface area contributed by atoms with Crippen molar-refractivity contribution >= 4 is 5.91 Å². The van der Waals surface area contributed by atoms with Crippen molar-refractivity contribution < 1.29 is 9.18 Å². The third-order valence-corrected chi connectivity index (χ3v) is 4.80. The van der Waals surface area contributed by atoms with E-state index in [0.29, 0.717) is 32.4 Å². The molecule has 1 unspecified atom stereocenters. The van der Waals surface area contributed by atoms with Gasteiger partial charge in [-0.1, -0.05) is 12.1 Å². The van der Waals surface area contributed by atoms with Crippen molar-refractivity contribution in [2.75, 3.05) is 19.6 Å². The number of nitrogens with zero attached hydrogens (tertiary/aromatic N) is 3. The van der Waals surface area contributed by atoms with Crippen molar-refractivity contribution in [3.8, 4) is 12.3 Å². The Labute approximate surface area is 147 Å². The van der Waals surface area contributed by atoms with Gasteiger partial charge in [0.05, 0.1) is 0 Å². The van der Waals surface area contributed by atoms with E-state index in [1.54, 1.807) is 12.1 Å². The van der Waals surface area contributed by atoms with Gasteiger partial charge < -0.3 is 10.2 Å². The van der Waals surface area contributed by atoms with Gasteiger partial charge in [-0.15, -0.1) is 12.3 Å². The molecule has 0 aliphatic carbocycles. The van der Waals surface area contributed by atoms with Crippen molar-refractivity contribution in [2.45, 2.75) is 43.8 Å². The van der Waals surface area contributed by atoms with Crippen molar-refractivity contribution in [1.82, 2.24) is 10.2 Å². The van der Waals surface area contributed by atoms with E-state index in [0.717, 1.165) is 24.9 Å². The number of nitrogens with one attached hydrogen (secondary N) is 1. The van der Waals surface area contributed by atoms with E-state index in [2.05, 4.69) is 21.5 Å². The molecule has 0 spiro atoms. The largest absolute Gasteiger partial charge is 0.340 e. The van der Waals surface area contributed by atoms with E-state index in [1.807, 2.05) is 4.90 Å². The first-order valence-electron chi connectivity index (χ1n) is 8.73. The Balaban J connectivity index is 1.46. The van der Waals surface area contributed by atoms with Gasteiger partial charge in [0, 0.05) is 51.4 Å². The molecule has 25 heavy (non-hydrogen) atoms. The van der Waals surface area contributed by atoms with Crippen LogP contribution >= 0.6 is 0 Å². The number of halogens is 1. The van der Waals surface area contributed by atoms with Crippen LogP contribution in [-0.2, 0) is 11.2 Å². The van der Waals surface area contributed by atoms with Gasteiger partial charge in [-0.2, -0.15) is 10.2 Å². The van der Waals surface area contributed by atoms with Crippen LogP contribution in [0.15, 0.2) is 34.5 Å². The lowest BCUT2D eigenvalue weighted by atomic mass is 10.0. The molecule has 6 heteroatoms. The van der Waals surface area contributed by atoms with Gasteiger partial charge in [0.2, 0.25) is 5.91 Å². The van der Waals surface area contributed by atoms with Crippen molar-refractivity contribution in [2.24, 2.45) is 10.2 Å². The number of benzene rings is 1. The first-order chi connectivity index (χ1) is 12.1. The van der Waals surface area contributed by atoms with Crippen LogP contribution in [0.1, 0.15) is 31.2 Å². The SMILES string of the molecule is C#CCCC1(CCC(=O)N2CCNC(Cc3ccc(F)cc3)C2)N=N1. The average Bonchev–Trinajstić information content (AvgIpc) is 3.40. The quantitative estimate of drug-likeness (QED) is 0.774. The van der Waals surface area contributed by atoms with Gasteiger partial charge in [0.15, 0.2) is 5.66 Å². The summed E-state index contributed by atoms with van der Waals surface area (Å²) in [6.45, 7) is 2.15. The molecule has 1 atom stereocenters. The summed E-state index contributed by atoms with van der Waals surface area (Å²) in [6, 6.07) is 6.72. The maximum Gasteiger partial charge on any atom is 0.222 e. The number of carbonyl (C=O) groups excluding carboxylic acids is 1. The normalized spacial score (nSPS) is 21.0. The Bertz CT molecular complexity index is 674. The molecule has 5 nitrogen and oxygen atoms in total. The van der Waals surface area contributed by atoms with Gasteiger partial charge in [-0.3, -0.25) is 4.79 Å². The highest BCUT2D eigenvalue weighted by atomic mass is 19.1. The van der Waals surface area contributed by atoms with Crippen LogP contribution in [0.5, 0.6) is 0 Å². The Morgan fingerprint density at radius 3 is 2.80 bits per heavy atom. The second-order valence-corrected chi connectivity index (χ2v) is 6.71. The highest BCUT2D eigenvalue weighted by Crippen LogP contribution is 2.37. The van der Waals surface area contributed by atoms with Gasteiger partial charge in [0.25, 0.3) is 0 Å². The fraction of sp³-hybridized carbons (Fsp3) is 0.526. The standard InChI is InChI=1S/C19H23FN4O/c1-2-3-9-19(22-23-19)10-8-18(25)24-12-11-21-17(14-24)13-15-4-6-16(20)7-5-15/h1,4-7,17,21H,3,8-14H2. The number of rotatable bonds is 7. The van der Waals surface area contributed by atoms with Crippen molar-refractivity contribution in [3.63, 3.8) is 0 Å². The first-order valence-corrected chi connectivity index (χ1v) is 8.73. The monoisotopic (exact) mass is 342 g/mol. The smallest absolute Gasteiger partial charge is 0.222 e. The molecule has 3 rings (SSSR count). The first kappa shape index (κ1) is 17.6. The third kappa shape index (κ3) is 4.86. The molecule has 0 radical (unpaired) electrons. The van der Waals surface area contributed by atoms with E-state index >= 15 is 0 Å². The lowest BCUT2D eigenvalue weighted by molar-refractivity contribution is -0.132.